The normalized spacial score (nSPS) is 58.6. The highest BCUT2D eigenvalue weighted by Gasteiger charge is 2.55. The molecule has 4 fully saturated rings. The van der Waals surface area contributed by atoms with Gasteiger partial charge in [-0.25, -0.2) is 4.39 Å². The minimum absolute atomic E-state index is 0.138. The van der Waals surface area contributed by atoms with Crippen LogP contribution in [0.1, 0.15) is 32.1 Å². The lowest BCUT2D eigenvalue weighted by Gasteiger charge is -2.57. The summed E-state index contributed by atoms with van der Waals surface area (Å²) < 4.78 is 13.7. The van der Waals surface area contributed by atoms with Gasteiger partial charge >= 0.3 is 0 Å². The fourth-order valence-corrected chi connectivity index (χ4v) is 4.32. The number of hydrogen-bond acceptors (Lipinski definition) is 1. The fraction of sp³-hybridized carbons (Fsp3) is 1.00. The standard InChI is InChI=1S/C11H17FO/c12-10-8-1-7-2-9(10)5-11(3-7,4-8)6-13/h7-10,13H,1-6H2/t7?,8-,9+,10?,11?. The molecule has 0 saturated heterocycles. The highest BCUT2D eigenvalue weighted by molar-refractivity contribution is 5.04. The van der Waals surface area contributed by atoms with Crippen LogP contribution in [0.3, 0.4) is 0 Å². The first-order valence-electron chi connectivity index (χ1n) is 5.47. The van der Waals surface area contributed by atoms with E-state index in [-0.39, 0.29) is 5.41 Å². The van der Waals surface area contributed by atoms with E-state index in [0.717, 1.165) is 31.6 Å². The van der Waals surface area contributed by atoms with Crippen molar-refractivity contribution in [1.29, 1.82) is 0 Å². The molecule has 0 aromatic carbocycles. The number of halogens is 1. The third kappa shape index (κ3) is 1.01. The van der Waals surface area contributed by atoms with Gasteiger partial charge in [0.05, 0.1) is 0 Å². The predicted octanol–water partition coefficient (Wildman–Crippen LogP) is 2.14. The fourth-order valence-electron chi connectivity index (χ4n) is 4.32. The summed E-state index contributed by atoms with van der Waals surface area (Å²) in [4.78, 5) is 0. The number of aliphatic hydroxyl groups is 1. The van der Waals surface area contributed by atoms with Gasteiger partial charge in [0.2, 0.25) is 0 Å². The topological polar surface area (TPSA) is 20.2 Å². The van der Waals surface area contributed by atoms with E-state index in [2.05, 4.69) is 0 Å². The van der Waals surface area contributed by atoms with Crippen molar-refractivity contribution in [2.24, 2.45) is 23.2 Å². The molecule has 0 radical (unpaired) electrons. The maximum Gasteiger partial charge on any atom is 0.106 e. The quantitative estimate of drug-likeness (QED) is 0.662. The third-order valence-corrected chi connectivity index (χ3v) is 4.62. The van der Waals surface area contributed by atoms with E-state index in [1.807, 2.05) is 0 Å². The van der Waals surface area contributed by atoms with Crippen molar-refractivity contribution in [2.45, 2.75) is 38.3 Å². The van der Waals surface area contributed by atoms with Crippen LogP contribution in [-0.2, 0) is 0 Å². The Labute approximate surface area is 78.3 Å². The molecule has 4 rings (SSSR count). The molecule has 5 atom stereocenters. The maximum absolute atomic E-state index is 13.7. The molecular weight excluding hydrogens is 167 g/mol. The SMILES string of the molecule is OCC12CC3C[C@H](C1)C(F)[C@@H](C3)C2. The van der Waals surface area contributed by atoms with Crippen LogP contribution in [0.25, 0.3) is 0 Å². The Bertz CT molecular complexity index is 212. The average molecular weight is 184 g/mol. The van der Waals surface area contributed by atoms with E-state index in [1.54, 1.807) is 0 Å². The first-order chi connectivity index (χ1) is 6.22. The molecule has 0 heterocycles. The van der Waals surface area contributed by atoms with Crippen LogP contribution >= 0.6 is 0 Å². The van der Waals surface area contributed by atoms with Crippen molar-refractivity contribution in [3.8, 4) is 0 Å². The van der Waals surface area contributed by atoms with Crippen molar-refractivity contribution in [3.63, 3.8) is 0 Å². The Morgan fingerprint density at radius 3 is 2.31 bits per heavy atom. The van der Waals surface area contributed by atoms with Crippen LogP contribution in [0.5, 0.6) is 0 Å². The molecule has 4 bridgehead atoms. The zero-order valence-electron chi connectivity index (χ0n) is 7.88. The second-order valence-corrected chi connectivity index (χ2v) is 5.57. The summed E-state index contributed by atoms with van der Waals surface area (Å²) in [7, 11) is 0. The highest BCUT2D eigenvalue weighted by Crippen LogP contribution is 2.60. The molecule has 0 aromatic rings. The lowest BCUT2D eigenvalue weighted by Crippen LogP contribution is -2.53. The van der Waals surface area contributed by atoms with E-state index >= 15 is 0 Å². The Hall–Kier alpha value is -0.110. The summed E-state index contributed by atoms with van der Waals surface area (Å²) in [6.45, 7) is 0.295. The van der Waals surface area contributed by atoms with Crippen molar-refractivity contribution >= 4 is 0 Å². The van der Waals surface area contributed by atoms with Gasteiger partial charge in [-0.1, -0.05) is 0 Å². The van der Waals surface area contributed by atoms with Crippen molar-refractivity contribution in [3.05, 3.63) is 0 Å². The molecule has 13 heavy (non-hydrogen) atoms. The monoisotopic (exact) mass is 184 g/mol. The summed E-state index contributed by atoms with van der Waals surface area (Å²) in [5.41, 5.74) is 0.138. The second kappa shape index (κ2) is 2.47. The van der Waals surface area contributed by atoms with Gasteiger partial charge in [0.1, 0.15) is 6.17 Å². The molecule has 0 spiro atoms. The average Bonchev–Trinajstić information content (AvgIpc) is 2.13. The minimum Gasteiger partial charge on any atom is -0.396 e. The summed E-state index contributed by atoms with van der Waals surface area (Å²) in [6, 6.07) is 0. The van der Waals surface area contributed by atoms with E-state index in [1.165, 1.54) is 6.42 Å². The zero-order chi connectivity index (χ0) is 9.05. The molecule has 4 aliphatic carbocycles. The van der Waals surface area contributed by atoms with E-state index in [0.29, 0.717) is 18.4 Å². The summed E-state index contributed by atoms with van der Waals surface area (Å²) in [6.07, 6.45) is 4.73. The lowest BCUT2D eigenvalue weighted by atomic mass is 9.49. The van der Waals surface area contributed by atoms with Crippen LogP contribution < -0.4 is 0 Å². The molecule has 3 unspecified atom stereocenters. The molecule has 1 N–H and O–H groups in total. The molecule has 0 amide bonds. The highest BCUT2D eigenvalue weighted by atomic mass is 19.1. The Morgan fingerprint density at radius 2 is 1.77 bits per heavy atom. The number of alkyl halides is 1. The van der Waals surface area contributed by atoms with Gasteiger partial charge in [0.25, 0.3) is 0 Å². The summed E-state index contributed by atoms with van der Waals surface area (Å²) >= 11 is 0. The first-order valence-corrected chi connectivity index (χ1v) is 5.47. The summed E-state index contributed by atoms with van der Waals surface area (Å²) in [5.74, 6) is 1.31. The Kier molecular flexibility index (Phi) is 1.56. The largest absolute Gasteiger partial charge is 0.396 e. The van der Waals surface area contributed by atoms with Crippen LogP contribution in [0, 0.1) is 23.2 Å². The maximum atomic E-state index is 13.7. The Balaban J connectivity index is 1.92. The van der Waals surface area contributed by atoms with E-state index < -0.39 is 6.17 Å². The lowest BCUT2D eigenvalue weighted by molar-refractivity contribution is -0.122. The number of rotatable bonds is 1. The van der Waals surface area contributed by atoms with Crippen molar-refractivity contribution < 1.29 is 9.50 Å². The number of hydrogen-bond donors (Lipinski definition) is 1. The summed E-state index contributed by atoms with van der Waals surface area (Å²) in [5, 5.41) is 9.40. The van der Waals surface area contributed by atoms with Gasteiger partial charge in [-0.05, 0) is 55.3 Å². The van der Waals surface area contributed by atoms with Crippen molar-refractivity contribution in [1.82, 2.24) is 0 Å². The van der Waals surface area contributed by atoms with Crippen LogP contribution in [0.15, 0.2) is 0 Å². The van der Waals surface area contributed by atoms with Crippen LogP contribution in [0.4, 0.5) is 4.39 Å². The minimum atomic E-state index is -0.545. The van der Waals surface area contributed by atoms with Crippen LogP contribution in [-0.4, -0.2) is 17.9 Å². The Morgan fingerprint density at radius 1 is 1.15 bits per heavy atom. The smallest absolute Gasteiger partial charge is 0.106 e. The van der Waals surface area contributed by atoms with Gasteiger partial charge < -0.3 is 5.11 Å². The molecule has 0 aliphatic heterocycles. The van der Waals surface area contributed by atoms with Gasteiger partial charge in [-0.15, -0.1) is 0 Å². The first kappa shape index (κ1) is 8.22. The predicted molar refractivity (Wildman–Crippen MR) is 48.0 cm³/mol. The molecule has 74 valence electrons. The zero-order valence-corrected chi connectivity index (χ0v) is 7.88. The molecule has 0 aromatic heterocycles. The molecular formula is C11H17FO. The van der Waals surface area contributed by atoms with Gasteiger partial charge in [0.15, 0.2) is 0 Å². The third-order valence-electron chi connectivity index (χ3n) is 4.62. The van der Waals surface area contributed by atoms with Gasteiger partial charge in [-0.2, -0.15) is 0 Å². The molecule has 4 saturated carbocycles. The number of aliphatic hydroxyl groups excluding tert-OH is 1. The van der Waals surface area contributed by atoms with E-state index in [4.69, 9.17) is 0 Å². The second-order valence-electron chi connectivity index (χ2n) is 5.57. The molecule has 1 nitrogen and oxygen atoms in total. The van der Waals surface area contributed by atoms with Crippen LogP contribution in [0.2, 0.25) is 0 Å². The van der Waals surface area contributed by atoms with Gasteiger partial charge in [0, 0.05) is 6.61 Å². The van der Waals surface area contributed by atoms with E-state index in [9.17, 15) is 9.50 Å². The molecule has 2 heteroatoms. The van der Waals surface area contributed by atoms with Gasteiger partial charge in [-0.3, -0.25) is 0 Å². The molecule has 4 aliphatic rings. The van der Waals surface area contributed by atoms with Crippen molar-refractivity contribution in [2.75, 3.05) is 6.61 Å².